The van der Waals surface area contributed by atoms with Crippen molar-refractivity contribution < 1.29 is 22.4 Å². The van der Waals surface area contributed by atoms with E-state index >= 15 is 8.78 Å². The van der Waals surface area contributed by atoms with Crippen LogP contribution in [0.2, 0.25) is 0 Å². The maximum Gasteiger partial charge on any atom is 0.264 e. The summed E-state index contributed by atoms with van der Waals surface area (Å²) in [5.74, 6) is -2.50. The Labute approximate surface area is 239 Å². The third-order valence-corrected chi connectivity index (χ3v) is 7.88. The number of aromatic nitrogens is 3. The van der Waals surface area contributed by atoms with Crippen LogP contribution in [0.25, 0.3) is 5.57 Å². The topological polar surface area (TPSA) is 97.5 Å². The zero-order valence-electron chi connectivity index (χ0n) is 23.4. The van der Waals surface area contributed by atoms with E-state index in [1.807, 2.05) is 20.9 Å². The van der Waals surface area contributed by atoms with Gasteiger partial charge in [0.05, 0.1) is 16.8 Å². The Hall–Kier alpha value is -4.26. The molecule has 1 fully saturated rings. The van der Waals surface area contributed by atoms with Crippen molar-refractivity contribution in [3.63, 3.8) is 0 Å². The molecule has 13 heteroatoms. The molecule has 0 saturated carbocycles. The summed E-state index contributed by atoms with van der Waals surface area (Å²) in [5.41, 5.74) is -2.36. The fraction of sp³-hybridized carbons (Fsp3) is 0.379. The van der Waals surface area contributed by atoms with Gasteiger partial charge in [-0.1, -0.05) is 6.08 Å². The van der Waals surface area contributed by atoms with E-state index in [0.717, 1.165) is 6.20 Å². The maximum atomic E-state index is 16.5. The van der Waals surface area contributed by atoms with Crippen molar-refractivity contribution in [1.29, 1.82) is 0 Å². The number of amides is 1. The lowest BCUT2D eigenvalue weighted by Crippen LogP contribution is -2.55. The zero-order valence-corrected chi connectivity index (χ0v) is 23.4. The van der Waals surface area contributed by atoms with E-state index in [1.165, 1.54) is 6.07 Å². The van der Waals surface area contributed by atoms with Crippen molar-refractivity contribution in [2.24, 2.45) is 0 Å². The molecule has 2 atom stereocenters. The highest BCUT2D eigenvalue weighted by atomic mass is 19.3. The molecule has 1 aromatic carbocycles. The number of halogens is 4. The van der Waals surface area contributed by atoms with Crippen LogP contribution in [0.1, 0.15) is 48.2 Å². The summed E-state index contributed by atoms with van der Waals surface area (Å²) >= 11 is 0. The molecule has 0 spiro atoms. The summed E-state index contributed by atoms with van der Waals surface area (Å²) in [7, 11) is 1.96. The largest absolute Gasteiger partial charge is 0.367 e. The first-order valence-electron chi connectivity index (χ1n) is 13.6. The number of H-pyrrole nitrogens is 1. The monoisotopic (exact) mass is 585 g/mol. The van der Waals surface area contributed by atoms with Gasteiger partial charge in [0.15, 0.2) is 5.82 Å². The predicted octanol–water partition coefficient (Wildman–Crippen LogP) is 4.46. The van der Waals surface area contributed by atoms with E-state index in [9.17, 15) is 18.4 Å². The van der Waals surface area contributed by atoms with Crippen molar-refractivity contribution in [2.45, 2.75) is 38.8 Å². The zero-order chi connectivity index (χ0) is 30.1. The van der Waals surface area contributed by atoms with Crippen LogP contribution >= 0.6 is 0 Å². The van der Waals surface area contributed by atoms with Crippen LogP contribution in [-0.4, -0.2) is 71.1 Å². The van der Waals surface area contributed by atoms with E-state index in [2.05, 4.69) is 25.2 Å². The number of carbonyl (C=O) groups excluding carboxylic acids is 1. The molecule has 1 amide bonds. The van der Waals surface area contributed by atoms with Gasteiger partial charge in [0, 0.05) is 74.5 Å². The lowest BCUT2D eigenvalue weighted by molar-refractivity contribution is 0.101. The average Bonchev–Trinajstić information content (AvgIpc) is 2.97. The number of pyridine rings is 1. The first kappa shape index (κ1) is 29.2. The van der Waals surface area contributed by atoms with Gasteiger partial charge < -0.3 is 20.1 Å². The Morgan fingerprint density at radius 2 is 1.79 bits per heavy atom. The fourth-order valence-corrected chi connectivity index (χ4v) is 5.47. The van der Waals surface area contributed by atoms with E-state index in [0.29, 0.717) is 43.6 Å². The molecule has 1 saturated heterocycles. The van der Waals surface area contributed by atoms with Crippen LogP contribution in [0, 0.1) is 11.6 Å². The molecular formula is C29H31F4N7O2. The summed E-state index contributed by atoms with van der Waals surface area (Å²) in [6.45, 7) is 5.42. The summed E-state index contributed by atoms with van der Waals surface area (Å²) in [6, 6.07) is 3.52. The van der Waals surface area contributed by atoms with Crippen LogP contribution in [0.5, 0.6) is 0 Å². The minimum absolute atomic E-state index is 0.0215. The molecule has 1 unspecified atom stereocenters. The molecule has 2 aliphatic rings. The summed E-state index contributed by atoms with van der Waals surface area (Å²) in [5, 5.41) is 2.44. The minimum atomic E-state index is -3.13. The normalized spacial score (nSPS) is 19.7. The molecule has 2 aliphatic heterocycles. The molecule has 2 aromatic heterocycles. The Morgan fingerprint density at radius 1 is 1.10 bits per heavy atom. The number of rotatable bonds is 6. The van der Waals surface area contributed by atoms with Gasteiger partial charge in [-0.25, -0.2) is 27.5 Å². The highest BCUT2D eigenvalue weighted by Crippen LogP contribution is 2.39. The number of hydrogen-bond acceptors (Lipinski definition) is 7. The number of benzene rings is 1. The van der Waals surface area contributed by atoms with E-state index in [4.69, 9.17) is 0 Å². The van der Waals surface area contributed by atoms with Crippen LogP contribution in [0.3, 0.4) is 0 Å². The molecular weight excluding hydrogens is 554 g/mol. The van der Waals surface area contributed by atoms with Crippen molar-refractivity contribution in [3.8, 4) is 0 Å². The van der Waals surface area contributed by atoms with Crippen LogP contribution in [0.4, 0.5) is 34.9 Å². The molecule has 0 aliphatic carbocycles. The summed E-state index contributed by atoms with van der Waals surface area (Å²) < 4.78 is 59.9. The van der Waals surface area contributed by atoms with Gasteiger partial charge in [0.25, 0.3) is 12.3 Å². The second-order valence-electron chi connectivity index (χ2n) is 10.6. The summed E-state index contributed by atoms with van der Waals surface area (Å²) in [6.07, 6.45) is 3.09. The molecule has 0 radical (unpaired) electrons. The fourth-order valence-electron chi connectivity index (χ4n) is 5.47. The maximum absolute atomic E-state index is 16.5. The first-order chi connectivity index (χ1) is 20.0. The second-order valence-corrected chi connectivity index (χ2v) is 10.6. The number of carbonyl (C=O) groups is 1. The number of nitrogens with zero attached hydrogens (tertiary/aromatic N) is 5. The number of nitrogens with one attached hydrogen (secondary N) is 2. The molecule has 0 bridgehead atoms. The Balaban J connectivity index is 1.59. The van der Waals surface area contributed by atoms with Crippen molar-refractivity contribution in [2.75, 3.05) is 48.3 Å². The second kappa shape index (κ2) is 11.9. The Bertz CT molecular complexity index is 1550. The SMILES string of the molecule is CC1CN(c2cc(F)c(C3=CCCN(c4ncccn4)C3)c(F)c2NC(=O)c2c[nH]c(=O)cc2C(F)F)C[C@@H](C)N1C. The molecule has 9 nitrogen and oxygen atoms in total. The number of alkyl halides is 2. The summed E-state index contributed by atoms with van der Waals surface area (Å²) in [4.78, 5) is 41.4. The standard InChI is InChI=1S/C29H31F4N7O2/c1-16-13-40(14-17(2)38(16)3)22-11-21(30)24(18-6-4-9-39(15-18)29-34-7-5-8-35-29)25(31)26(22)37-28(42)20-12-36-23(41)10-19(20)27(32)33/h5-8,10-12,16-17,27H,4,9,13-15H2,1-3H3,(H,36,41)(H,37,42)/t16-,17?/m1/s1. The third kappa shape index (κ3) is 5.73. The quantitative estimate of drug-likeness (QED) is 0.413. The van der Waals surface area contributed by atoms with Crippen LogP contribution in [-0.2, 0) is 0 Å². The number of likely N-dealkylation sites (N-methyl/N-ethyl adjacent to an activating group) is 1. The molecule has 5 rings (SSSR count). The molecule has 4 heterocycles. The average molecular weight is 586 g/mol. The van der Waals surface area contributed by atoms with Gasteiger partial charge in [-0.3, -0.25) is 14.5 Å². The molecule has 2 N–H and O–H groups in total. The lowest BCUT2D eigenvalue weighted by Gasteiger charge is -2.44. The van der Waals surface area contributed by atoms with Gasteiger partial charge in [0.2, 0.25) is 11.5 Å². The van der Waals surface area contributed by atoms with Crippen molar-refractivity contribution in [1.82, 2.24) is 19.9 Å². The third-order valence-electron chi connectivity index (χ3n) is 7.88. The molecule has 42 heavy (non-hydrogen) atoms. The van der Waals surface area contributed by atoms with Gasteiger partial charge >= 0.3 is 0 Å². The van der Waals surface area contributed by atoms with Crippen LogP contribution < -0.4 is 20.7 Å². The van der Waals surface area contributed by atoms with Gasteiger partial charge in [-0.05, 0) is 39.0 Å². The van der Waals surface area contributed by atoms with E-state index in [1.54, 1.807) is 34.3 Å². The van der Waals surface area contributed by atoms with Gasteiger partial charge in [0.1, 0.15) is 11.5 Å². The lowest BCUT2D eigenvalue weighted by atomic mass is 9.97. The van der Waals surface area contributed by atoms with Gasteiger partial charge in [-0.15, -0.1) is 0 Å². The van der Waals surface area contributed by atoms with Crippen molar-refractivity contribution in [3.05, 3.63) is 81.5 Å². The number of piperazine rings is 1. The minimum Gasteiger partial charge on any atom is -0.367 e. The smallest absolute Gasteiger partial charge is 0.264 e. The van der Waals surface area contributed by atoms with Crippen LogP contribution in [0.15, 0.2) is 47.7 Å². The molecule has 222 valence electrons. The Kier molecular flexibility index (Phi) is 8.30. The first-order valence-corrected chi connectivity index (χ1v) is 13.6. The number of hydrogen-bond donors (Lipinski definition) is 2. The number of anilines is 3. The number of aromatic amines is 1. The predicted molar refractivity (Wildman–Crippen MR) is 152 cm³/mol. The molecule has 3 aromatic rings. The highest BCUT2D eigenvalue weighted by molar-refractivity contribution is 6.07. The van der Waals surface area contributed by atoms with Gasteiger partial charge in [-0.2, -0.15) is 0 Å². The van der Waals surface area contributed by atoms with E-state index in [-0.39, 0.29) is 35.6 Å². The Morgan fingerprint density at radius 3 is 2.45 bits per heavy atom. The van der Waals surface area contributed by atoms with Crippen molar-refractivity contribution >= 4 is 28.8 Å². The van der Waals surface area contributed by atoms with E-state index < -0.39 is 40.7 Å². The highest BCUT2D eigenvalue weighted by Gasteiger charge is 2.33.